The minimum absolute atomic E-state index is 0.169. The van der Waals surface area contributed by atoms with Crippen LogP contribution in [0.15, 0.2) is 48.5 Å². The van der Waals surface area contributed by atoms with Crippen molar-refractivity contribution in [3.8, 4) is 0 Å². The maximum atomic E-state index is 12.1. The Labute approximate surface area is 128 Å². The molecule has 0 radical (unpaired) electrons. The van der Waals surface area contributed by atoms with E-state index in [1.54, 1.807) is 30.3 Å². The number of aryl methyl sites for hydroxylation is 1. The van der Waals surface area contributed by atoms with Crippen LogP contribution in [0.5, 0.6) is 0 Å². The van der Waals surface area contributed by atoms with Crippen LogP contribution in [0.3, 0.4) is 0 Å². The normalized spacial score (nSPS) is 9.73. The molecule has 6 heteroatoms. The number of benzene rings is 2. The van der Waals surface area contributed by atoms with Gasteiger partial charge in [0.15, 0.2) is 0 Å². The Balaban J connectivity index is 1.96. The van der Waals surface area contributed by atoms with Crippen molar-refractivity contribution in [3.63, 3.8) is 0 Å². The van der Waals surface area contributed by atoms with E-state index in [4.69, 9.17) is 0 Å². The van der Waals surface area contributed by atoms with Gasteiger partial charge in [-0.25, -0.2) is 10.2 Å². The Kier molecular flexibility index (Phi) is 4.98. The molecule has 6 nitrogen and oxygen atoms in total. The van der Waals surface area contributed by atoms with Crippen LogP contribution in [0.1, 0.15) is 15.9 Å². The summed E-state index contributed by atoms with van der Waals surface area (Å²) in [6.45, 7) is 1.94. The molecule has 2 aromatic rings. The van der Waals surface area contributed by atoms with E-state index in [-0.39, 0.29) is 5.91 Å². The maximum Gasteiger partial charge on any atom is 0.425 e. The maximum absolute atomic E-state index is 12.1. The molecular formula is C16H17N3O3. The van der Waals surface area contributed by atoms with Crippen LogP contribution in [0, 0.1) is 6.92 Å². The predicted molar refractivity (Wildman–Crippen MR) is 84.7 cm³/mol. The molecule has 0 unspecified atom stereocenters. The number of hydrogen-bond acceptors (Lipinski definition) is 4. The second-order valence-corrected chi connectivity index (χ2v) is 4.64. The fourth-order valence-electron chi connectivity index (χ4n) is 1.80. The highest BCUT2D eigenvalue weighted by atomic mass is 16.5. The highest BCUT2D eigenvalue weighted by Crippen LogP contribution is 2.14. The predicted octanol–water partition coefficient (Wildman–Crippen LogP) is 2.93. The van der Waals surface area contributed by atoms with Crippen LogP contribution < -0.4 is 16.2 Å². The Bertz CT molecular complexity index is 669. The molecule has 0 aliphatic heterocycles. The van der Waals surface area contributed by atoms with E-state index >= 15 is 0 Å². The van der Waals surface area contributed by atoms with Gasteiger partial charge in [-0.05, 0) is 43.3 Å². The fraction of sp³-hybridized carbons (Fsp3) is 0.125. The van der Waals surface area contributed by atoms with Gasteiger partial charge < -0.3 is 10.1 Å². The molecule has 0 aromatic heterocycles. The zero-order valence-corrected chi connectivity index (χ0v) is 12.3. The van der Waals surface area contributed by atoms with Crippen LogP contribution in [0.2, 0.25) is 0 Å². The Hall–Kier alpha value is -3.02. The number of nitrogens with one attached hydrogen (secondary N) is 3. The molecule has 0 saturated carbocycles. The highest BCUT2D eigenvalue weighted by molar-refractivity contribution is 6.04. The van der Waals surface area contributed by atoms with Gasteiger partial charge in [0.05, 0.1) is 12.8 Å². The van der Waals surface area contributed by atoms with Crippen LogP contribution in [-0.4, -0.2) is 19.1 Å². The van der Waals surface area contributed by atoms with E-state index in [0.717, 1.165) is 5.56 Å². The van der Waals surface area contributed by atoms with Gasteiger partial charge in [-0.2, -0.15) is 0 Å². The molecular weight excluding hydrogens is 282 g/mol. The number of rotatable bonds is 4. The molecule has 22 heavy (non-hydrogen) atoms. The molecule has 0 aliphatic rings. The summed E-state index contributed by atoms with van der Waals surface area (Å²) in [6, 6.07) is 14.3. The van der Waals surface area contributed by atoms with Crippen LogP contribution >= 0.6 is 0 Å². The van der Waals surface area contributed by atoms with Crippen LogP contribution in [0.25, 0.3) is 0 Å². The van der Waals surface area contributed by atoms with E-state index < -0.39 is 6.09 Å². The first-order valence-electron chi connectivity index (χ1n) is 6.66. The monoisotopic (exact) mass is 299 g/mol. The summed E-state index contributed by atoms with van der Waals surface area (Å²) in [6.07, 6.45) is -0.586. The molecule has 0 aliphatic carbocycles. The summed E-state index contributed by atoms with van der Waals surface area (Å²) in [5.74, 6) is -0.169. The van der Waals surface area contributed by atoms with E-state index in [0.29, 0.717) is 16.9 Å². The number of anilines is 2. The first-order valence-corrected chi connectivity index (χ1v) is 6.66. The topological polar surface area (TPSA) is 79.5 Å². The lowest BCUT2D eigenvalue weighted by atomic mass is 10.1. The van der Waals surface area contributed by atoms with E-state index in [2.05, 4.69) is 20.9 Å². The fourth-order valence-corrected chi connectivity index (χ4v) is 1.80. The first-order chi connectivity index (χ1) is 10.6. The number of hydrogen-bond donors (Lipinski definition) is 3. The number of methoxy groups -OCH3 is 1. The van der Waals surface area contributed by atoms with Crippen molar-refractivity contribution in [2.24, 2.45) is 0 Å². The molecule has 0 bridgehead atoms. The Morgan fingerprint density at radius 1 is 1.00 bits per heavy atom. The third-order valence-electron chi connectivity index (χ3n) is 2.92. The van der Waals surface area contributed by atoms with Gasteiger partial charge in [0.2, 0.25) is 0 Å². The number of ether oxygens (including phenoxy) is 1. The summed E-state index contributed by atoms with van der Waals surface area (Å²) in [5.41, 5.74) is 7.98. The standard InChI is InChI=1S/C16H17N3O3/c1-11-4-3-5-12(10-11)15(20)17-13-6-8-14(9-7-13)18-19-16(21)22-2/h3-10,18H,1-2H3,(H,17,20)(H,19,21). The van der Waals surface area contributed by atoms with Crippen molar-refractivity contribution < 1.29 is 14.3 Å². The van der Waals surface area contributed by atoms with Gasteiger partial charge in [-0.3, -0.25) is 10.2 Å². The molecule has 0 heterocycles. The molecule has 2 aromatic carbocycles. The molecule has 0 saturated heterocycles. The van der Waals surface area contributed by atoms with Gasteiger partial charge in [-0.15, -0.1) is 0 Å². The van der Waals surface area contributed by atoms with Gasteiger partial charge in [0.1, 0.15) is 0 Å². The second-order valence-electron chi connectivity index (χ2n) is 4.64. The third-order valence-corrected chi connectivity index (χ3v) is 2.92. The molecule has 114 valence electrons. The minimum atomic E-state index is -0.586. The summed E-state index contributed by atoms with van der Waals surface area (Å²) in [7, 11) is 1.28. The SMILES string of the molecule is COC(=O)NNc1ccc(NC(=O)c2cccc(C)c2)cc1. The summed E-state index contributed by atoms with van der Waals surface area (Å²) < 4.78 is 4.44. The number of amides is 2. The van der Waals surface area contributed by atoms with E-state index in [9.17, 15) is 9.59 Å². The molecule has 2 amide bonds. The zero-order chi connectivity index (χ0) is 15.9. The van der Waals surface area contributed by atoms with Crippen molar-refractivity contribution in [3.05, 3.63) is 59.7 Å². The van der Waals surface area contributed by atoms with E-state index in [1.165, 1.54) is 7.11 Å². The van der Waals surface area contributed by atoms with Gasteiger partial charge in [0, 0.05) is 11.3 Å². The van der Waals surface area contributed by atoms with Crippen molar-refractivity contribution in [1.82, 2.24) is 5.43 Å². The number of carbonyl (C=O) groups is 2. The van der Waals surface area contributed by atoms with Crippen molar-refractivity contribution in [2.45, 2.75) is 6.92 Å². The highest BCUT2D eigenvalue weighted by Gasteiger charge is 2.06. The number of hydrazine groups is 1. The average Bonchev–Trinajstić information content (AvgIpc) is 2.53. The van der Waals surface area contributed by atoms with Crippen molar-refractivity contribution in [2.75, 3.05) is 17.9 Å². The minimum Gasteiger partial charge on any atom is -0.452 e. The lowest BCUT2D eigenvalue weighted by molar-refractivity contribution is 0.102. The molecule has 0 atom stereocenters. The quantitative estimate of drug-likeness (QED) is 0.758. The average molecular weight is 299 g/mol. The molecule has 2 rings (SSSR count). The van der Waals surface area contributed by atoms with Gasteiger partial charge >= 0.3 is 6.09 Å². The lowest BCUT2D eigenvalue weighted by Gasteiger charge is -2.09. The van der Waals surface area contributed by atoms with Crippen LogP contribution in [0.4, 0.5) is 16.2 Å². The van der Waals surface area contributed by atoms with Gasteiger partial charge in [0.25, 0.3) is 5.91 Å². The zero-order valence-electron chi connectivity index (χ0n) is 12.3. The second kappa shape index (κ2) is 7.12. The first kappa shape index (κ1) is 15.4. The largest absolute Gasteiger partial charge is 0.452 e. The van der Waals surface area contributed by atoms with Crippen molar-refractivity contribution in [1.29, 1.82) is 0 Å². The molecule has 0 spiro atoms. The Morgan fingerprint density at radius 3 is 2.32 bits per heavy atom. The molecule has 3 N–H and O–H groups in total. The third kappa shape index (κ3) is 4.24. The number of carbonyl (C=O) groups excluding carboxylic acids is 2. The smallest absolute Gasteiger partial charge is 0.425 e. The van der Waals surface area contributed by atoms with Crippen molar-refractivity contribution >= 4 is 23.4 Å². The van der Waals surface area contributed by atoms with Crippen LogP contribution in [-0.2, 0) is 4.74 Å². The lowest BCUT2D eigenvalue weighted by Crippen LogP contribution is -2.28. The summed E-state index contributed by atoms with van der Waals surface area (Å²) >= 11 is 0. The summed E-state index contributed by atoms with van der Waals surface area (Å²) in [5, 5.41) is 2.81. The van der Waals surface area contributed by atoms with E-state index in [1.807, 2.05) is 25.1 Å². The van der Waals surface area contributed by atoms with Gasteiger partial charge in [-0.1, -0.05) is 17.7 Å². The molecule has 0 fully saturated rings. The Morgan fingerprint density at radius 2 is 1.68 bits per heavy atom. The summed E-state index contributed by atoms with van der Waals surface area (Å²) in [4.78, 5) is 23.0.